The number of nitrogens with two attached hydrogens (primary N) is 1. The van der Waals surface area contributed by atoms with Crippen molar-refractivity contribution in [2.24, 2.45) is 10.2 Å². The van der Waals surface area contributed by atoms with Gasteiger partial charge in [-0.2, -0.15) is 16.9 Å². The largest absolute Gasteiger partial charge is 0.444 e. The highest BCUT2D eigenvalue weighted by Crippen LogP contribution is 2.24. The van der Waals surface area contributed by atoms with Crippen LogP contribution in [0.4, 0.5) is 27.8 Å². The standard InChI is InChI=1S/C21H28N6O3S/c1-21(2,3)30-20(29)23-16(12-13-31-4)19(28)25-17-11-10-15(18(22)24-17)27-26-14-8-6-5-7-9-14/h5-11,16H,12-13H2,1-4H3,(H,23,29)(H3,22,24,25,28)/t16-/m0/s1. The monoisotopic (exact) mass is 444 g/mol. The number of hydrogen-bond acceptors (Lipinski definition) is 8. The van der Waals surface area contributed by atoms with Crippen molar-refractivity contribution < 1.29 is 14.3 Å². The van der Waals surface area contributed by atoms with Gasteiger partial charge in [0.1, 0.15) is 23.1 Å². The van der Waals surface area contributed by atoms with E-state index in [0.717, 1.165) is 0 Å². The number of pyridine rings is 1. The number of nitrogens with one attached hydrogen (secondary N) is 2. The molecule has 0 unspecified atom stereocenters. The van der Waals surface area contributed by atoms with E-state index in [4.69, 9.17) is 10.5 Å². The van der Waals surface area contributed by atoms with Gasteiger partial charge in [0.2, 0.25) is 5.91 Å². The lowest BCUT2D eigenvalue weighted by Crippen LogP contribution is -2.46. The Morgan fingerprint density at radius 1 is 1.16 bits per heavy atom. The summed E-state index contributed by atoms with van der Waals surface area (Å²) < 4.78 is 5.25. The van der Waals surface area contributed by atoms with Gasteiger partial charge >= 0.3 is 6.09 Å². The first-order chi connectivity index (χ1) is 14.7. The highest BCUT2D eigenvalue weighted by molar-refractivity contribution is 7.98. The van der Waals surface area contributed by atoms with Gasteiger partial charge in [-0.1, -0.05) is 18.2 Å². The number of aromatic nitrogens is 1. The number of carbonyl (C=O) groups excluding carboxylic acids is 2. The molecule has 0 spiro atoms. The zero-order chi connectivity index (χ0) is 22.9. The third kappa shape index (κ3) is 8.63. The maximum atomic E-state index is 12.7. The van der Waals surface area contributed by atoms with Gasteiger partial charge in [0, 0.05) is 0 Å². The Morgan fingerprint density at radius 2 is 1.87 bits per heavy atom. The van der Waals surface area contributed by atoms with Crippen LogP contribution in [0.2, 0.25) is 0 Å². The molecule has 1 aromatic heterocycles. The van der Waals surface area contributed by atoms with Gasteiger partial charge in [-0.15, -0.1) is 5.11 Å². The van der Waals surface area contributed by atoms with Crippen molar-refractivity contribution in [3.05, 3.63) is 42.5 Å². The summed E-state index contributed by atoms with van der Waals surface area (Å²) in [5.41, 5.74) is 6.36. The lowest BCUT2D eigenvalue weighted by Gasteiger charge is -2.23. The summed E-state index contributed by atoms with van der Waals surface area (Å²) in [4.78, 5) is 29.0. The van der Waals surface area contributed by atoms with Crippen molar-refractivity contribution in [2.45, 2.75) is 38.8 Å². The van der Waals surface area contributed by atoms with Crippen molar-refractivity contribution in [3.8, 4) is 0 Å². The average molecular weight is 445 g/mol. The van der Waals surface area contributed by atoms with Gasteiger partial charge in [0.15, 0.2) is 5.82 Å². The number of hydrogen-bond donors (Lipinski definition) is 3. The number of benzene rings is 1. The summed E-state index contributed by atoms with van der Waals surface area (Å²) in [5, 5.41) is 13.5. The molecule has 0 bridgehead atoms. The minimum Gasteiger partial charge on any atom is -0.444 e. The van der Waals surface area contributed by atoms with Gasteiger partial charge in [0.25, 0.3) is 0 Å². The van der Waals surface area contributed by atoms with E-state index in [2.05, 4.69) is 25.8 Å². The van der Waals surface area contributed by atoms with E-state index in [1.54, 1.807) is 44.7 Å². The topological polar surface area (TPSA) is 131 Å². The maximum Gasteiger partial charge on any atom is 0.408 e. The molecule has 31 heavy (non-hydrogen) atoms. The van der Waals surface area contributed by atoms with E-state index in [1.165, 1.54) is 0 Å². The van der Waals surface area contributed by atoms with Crippen LogP contribution in [0.5, 0.6) is 0 Å². The number of nitrogens with zero attached hydrogens (tertiary/aromatic N) is 3. The summed E-state index contributed by atoms with van der Waals surface area (Å²) in [6.45, 7) is 5.27. The minimum absolute atomic E-state index is 0.123. The Labute approximate surface area is 186 Å². The molecule has 0 aliphatic rings. The lowest BCUT2D eigenvalue weighted by atomic mass is 10.2. The predicted octanol–water partition coefficient (Wildman–Crippen LogP) is 4.66. The predicted molar refractivity (Wildman–Crippen MR) is 124 cm³/mol. The highest BCUT2D eigenvalue weighted by Gasteiger charge is 2.24. The van der Waals surface area contributed by atoms with Crippen molar-refractivity contribution in [1.82, 2.24) is 10.3 Å². The molecule has 1 aromatic carbocycles. The molecular weight excluding hydrogens is 416 g/mol. The van der Waals surface area contributed by atoms with E-state index < -0.39 is 23.6 Å². The Balaban J connectivity index is 2.05. The molecule has 0 saturated carbocycles. The number of rotatable bonds is 8. The van der Waals surface area contributed by atoms with Crippen molar-refractivity contribution >= 4 is 46.8 Å². The molecule has 1 heterocycles. The van der Waals surface area contributed by atoms with Crippen LogP contribution < -0.4 is 16.4 Å². The van der Waals surface area contributed by atoms with Crippen LogP contribution in [-0.2, 0) is 9.53 Å². The van der Waals surface area contributed by atoms with Crippen LogP contribution in [0, 0.1) is 0 Å². The summed E-state index contributed by atoms with van der Waals surface area (Å²) in [7, 11) is 0. The molecule has 0 aliphatic carbocycles. The second-order valence-corrected chi connectivity index (χ2v) is 8.59. The van der Waals surface area contributed by atoms with Crippen molar-refractivity contribution in [2.75, 3.05) is 23.1 Å². The van der Waals surface area contributed by atoms with E-state index in [1.807, 2.05) is 36.6 Å². The van der Waals surface area contributed by atoms with Gasteiger partial charge < -0.3 is 21.1 Å². The van der Waals surface area contributed by atoms with Crippen LogP contribution >= 0.6 is 11.8 Å². The fourth-order valence-electron chi connectivity index (χ4n) is 2.40. The summed E-state index contributed by atoms with van der Waals surface area (Å²) in [6.07, 6.45) is 1.70. The quantitative estimate of drug-likeness (QED) is 0.507. The molecule has 0 saturated heterocycles. The van der Waals surface area contributed by atoms with E-state index >= 15 is 0 Å². The Kier molecular flexibility index (Phi) is 8.80. The van der Waals surface area contributed by atoms with E-state index in [0.29, 0.717) is 23.5 Å². The Morgan fingerprint density at radius 3 is 2.48 bits per heavy atom. The second-order valence-electron chi connectivity index (χ2n) is 7.61. The maximum absolute atomic E-state index is 12.7. The number of carbonyl (C=O) groups is 2. The third-order valence-electron chi connectivity index (χ3n) is 3.80. The van der Waals surface area contributed by atoms with Crippen LogP contribution in [0.3, 0.4) is 0 Å². The smallest absolute Gasteiger partial charge is 0.408 e. The van der Waals surface area contributed by atoms with Crippen LogP contribution in [0.1, 0.15) is 27.2 Å². The zero-order valence-electron chi connectivity index (χ0n) is 18.1. The number of thioether (sulfide) groups is 1. The molecule has 0 radical (unpaired) electrons. The first-order valence-electron chi connectivity index (χ1n) is 9.70. The van der Waals surface area contributed by atoms with Crippen LogP contribution in [0.15, 0.2) is 52.7 Å². The lowest BCUT2D eigenvalue weighted by molar-refractivity contribution is -0.118. The van der Waals surface area contributed by atoms with Gasteiger partial charge in [-0.25, -0.2) is 9.78 Å². The molecule has 0 fully saturated rings. The normalized spacial score (nSPS) is 12.4. The first kappa shape index (κ1) is 24.1. The molecule has 2 amide bonds. The second kappa shape index (κ2) is 11.3. The van der Waals surface area contributed by atoms with Gasteiger partial charge in [-0.3, -0.25) is 4.79 Å². The highest BCUT2D eigenvalue weighted by atomic mass is 32.2. The van der Waals surface area contributed by atoms with Crippen molar-refractivity contribution in [1.29, 1.82) is 0 Å². The number of azo groups is 1. The zero-order valence-corrected chi connectivity index (χ0v) is 18.9. The molecule has 0 aliphatic heterocycles. The average Bonchev–Trinajstić information content (AvgIpc) is 2.70. The third-order valence-corrected chi connectivity index (χ3v) is 4.45. The SMILES string of the molecule is CSCC[C@H](NC(=O)OC(C)(C)C)C(=O)Nc1ccc(N=Nc2ccccc2)c(N)n1. The molecule has 2 rings (SSSR count). The van der Waals surface area contributed by atoms with Gasteiger partial charge in [-0.05, 0) is 63.5 Å². The minimum atomic E-state index is -0.775. The summed E-state index contributed by atoms with van der Waals surface area (Å²) in [5.74, 6) is 0.646. The number of nitrogen functional groups attached to an aromatic ring is 1. The number of ether oxygens (including phenoxy) is 1. The number of amides is 2. The molecule has 9 nitrogen and oxygen atoms in total. The van der Waals surface area contributed by atoms with Crippen molar-refractivity contribution in [3.63, 3.8) is 0 Å². The molecule has 1 atom stereocenters. The van der Waals surface area contributed by atoms with E-state index in [-0.39, 0.29) is 11.6 Å². The summed E-state index contributed by atoms with van der Waals surface area (Å²) in [6, 6.07) is 11.6. The Bertz CT molecular complexity index is 915. The van der Waals surface area contributed by atoms with Gasteiger partial charge in [0.05, 0.1) is 5.69 Å². The number of alkyl carbamates (subject to hydrolysis) is 1. The van der Waals surface area contributed by atoms with E-state index in [9.17, 15) is 9.59 Å². The first-order valence-corrected chi connectivity index (χ1v) is 11.1. The molecule has 166 valence electrons. The van der Waals surface area contributed by atoms with Crippen LogP contribution in [-0.4, -0.2) is 40.6 Å². The molecule has 4 N–H and O–H groups in total. The number of anilines is 2. The van der Waals surface area contributed by atoms with Crippen LogP contribution in [0.25, 0.3) is 0 Å². The summed E-state index contributed by atoms with van der Waals surface area (Å²) >= 11 is 1.57. The fraction of sp³-hybridized carbons (Fsp3) is 0.381. The molecule has 2 aromatic rings. The molecule has 10 heteroatoms. The fourth-order valence-corrected chi connectivity index (χ4v) is 2.87. The Hall–Kier alpha value is -3.14. The molecular formula is C21H28N6O3S.